The molecule has 1 aromatic heterocycles. The predicted molar refractivity (Wildman–Crippen MR) is 92.4 cm³/mol. The van der Waals surface area contributed by atoms with Crippen LogP contribution < -0.4 is 4.74 Å². The summed E-state index contributed by atoms with van der Waals surface area (Å²) in [5, 5.41) is 9.59. The van der Waals surface area contributed by atoms with Crippen LogP contribution in [0.25, 0.3) is 0 Å². The van der Waals surface area contributed by atoms with Crippen molar-refractivity contribution in [3.8, 4) is 11.9 Å². The summed E-state index contributed by atoms with van der Waals surface area (Å²) in [6, 6.07) is 2.25. The van der Waals surface area contributed by atoms with E-state index < -0.39 is 0 Å². The first-order valence-corrected chi connectivity index (χ1v) is 9.03. The quantitative estimate of drug-likeness (QED) is 0.816. The number of hydrogen-bond donors (Lipinski definition) is 0. The molecule has 1 amide bonds. The number of pyridine rings is 1. The maximum Gasteiger partial charge on any atom is 0.260 e. The summed E-state index contributed by atoms with van der Waals surface area (Å²) in [4.78, 5) is 18.7. The van der Waals surface area contributed by atoms with Gasteiger partial charge in [-0.25, -0.2) is 4.98 Å². The van der Waals surface area contributed by atoms with Crippen molar-refractivity contribution in [1.82, 2.24) is 9.88 Å². The maximum absolute atomic E-state index is 12.3. The molecule has 2 aliphatic rings. The van der Waals surface area contributed by atoms with E-state index in [4.69, 9.17) is 9.47 Å². The molecule has 6 heteroatoms. The Kier molecular flexibility index (Phi) is 5.54. The lowest BCUT2D eigenvalue weighted by molar-refractivity contribution is -0.137. The summed E-state index contributed by atoms with van der Waals surface area (Å²) < 4.78 is 11.0. The van der Waals surface area contributed by atoms with Crippen LogP contribution in [-0.4, -0.2) is 48.7 Å². The minimum Gasteiger partial charge on any atom is -0.467 e. The zero-order valence-electron chi connectivity index (χ0n) is 15.0. The standard InChI is InChI=1S/C19H25N3O3/c1-13(2)10-17-15-5-3-4-14(15)16(11-20)19(21-17)25-12-18(23)22-6-8-24-9-7-22/h13H,3-10,12H2,1-2H3. The number of hydrogen-bond acceptors (Lipinski definition) is 5. The lowest BCUT2D eigenvalue weighted by atomic mass is 9.98. The normalized spacial score (nSPS) is 16.6. The Morgan fingerprint density at radius 3 is 2.72 bits per heavy atom. The third-order valence-corrected chi connectivity index (χ3v) is 4.73. The van der Waals surface area contributed by atoms with Crippen molar-refractivity contribution in [2.75, 3.05) is 32.9 Å². The van der Waals surface area contributed by atoms with Crippen LogP contribution in [0.5, 0.6) is 5.88 Å². The van der Waals surface area contributed by atoms with Gasteiger partial charge in [-0.2, -0.15) is 5.26 Å². The van der Waals surface area contributed by atoms with Gasteiger partial charge in [-0.15, -0.1) is 0 Å². The summed E-state index contributed by atoms with van der Waals surface area (Å²) in [5.74, 6) is 0.716. The summed E-state index contributed by atoms with van der Waals surface area (Å²) >= 11 is 0. The number of carbonyl (C=O) groups is 1. The Hall–Kier alpha value is -2.13. The first-order valence-electron chi connectivity index (χ1n) is 9.03. The van der Waals surface area contributed by atoms with E-state index in [0.29, 0.717) is 43.7 Å². The second kappa shape index (κ2) is 7.83. The molecule has 0 atom stereocenters. The zero-order chi connectivity index (χ0) is 17.8. The van der Waals surface area contributed by atoms with Gasteiger partial charge in [-0.05, 0) is 42.7 Å². The van der Waals surface area contributed by atoms with Crippen molar-refractivity contribution in [2.24, 2.45) is 5.92 Å². The molecule has 2 heterocycles. The second-order valence-electron chi connectivity index (χ2n) is 7.04. The first-order chi connectivity index (χ1) is 12.1. The minimum absolute atomic E-state index is 0.0818. The van der Waals surface area contributed by atoms with Crippen molar-refractivity contribution < 1.29 is 14.3 Å². The summed E-state index contributed by atoms with van der Waals surface area (Å²) in [7, 11) is 0. The molecule has 0 radical (unpaired) electrons. The fourth-order valence-electron chi connectivity index (χ4n) is 3.52. The number of carbonyl (C=O) groups excluding carboxylic acids is 1. The molecule has 0 spiro atoms. The second-order valence-corrected chi connectivity index (χ2v) is 7.04. The maximum atomic E-state index is 12.3. The highest BCUT2D eigenvalue weighted by atomic mass is 16.5. The highest BCUT2D eigenvalue weighted by molar-refractivity contribution is 5.78. The van der Waals surface area contributed by atoms with Crippen molar-refractivity contribution >= 4 is 5.91 Å². The average Bonchev–Trinajstić information content (AvgIpc) is 3.10. The molecule has 0 unspecified atom stereocenters. The zero-order valence-corrected chi connectivity index (χ0v) is 15.0. The number of fused-ring (bicyclic) bond motifs is 1. The first kappa shape index (κ1) is 17.7. The van der Waals surface area contributed by atoms with Crippen LogP contribution in [0.2, 0.25) is 0 Å². The van der Waals surface area contributed by atoms with E-state index in [2.05, 4.69) is 24.9 Å². The number of nitriles is 1. The van der Waals surface area contributed by atoms with Crippen LogP contribution >= 0.6 is 0 Å². The van der Waals surface area contributed by atoms with Gasteiger partial charge in [0.15, 0.2) is 6.61 Å². The topological polar surface area (TPSA) is 75.4 Å². The van der Waals surface area contributed by atoms with Crippen LogP contribution in [0.4, 0.5) is 0 Å². The summed E-state index contributed by atoms with van der Waals surface area (Å²) in [5.41, 5.74) is 3.82. The lowest BCUT2D eigenvalue weighted by Crippen LogP contribution is -2.43. The summed E-state index contributed by atoms with van der Waals surface area (Å²) in [6.07, 6.45) is 3.78. The van der Waals surface area contributed by atoms with Crippen molar-refractivity contribution in [2.45, 2.75) is 39.5 Å². The van der Waals surface area contributed by atoms with Gasteiger partial charge in [0.2, 0.25) is 5.88 Å². The van der Waals surface area contributed by atoms with E-state index in [-0.39, 0.29) is 12.5 Å². The molecule has 1 aliphatic heterocycles. The SMILES string of the molecule is CC(C)Cc1nc(OCC(=O)N2CCOCC2)c(C#N)c2c1CCC2. The van der Waals surface area contributed by atoms with Gasteiger partial charge in [0.25, 0.3) is 5.91 Å². The smallest absolute Gasteiger partial charge is 0.260 e. The number of morpholine rings is 1. The molecule has 0 N–H and O–H groups in total. The molecule has 0 bridgehead atoms. The molecule has 134 valence electrons. The van der Waals surface area contributed by atoms with Crippen LogP contribution in [0.15, 0.2) is 0 Å². The van der Waals surface area contributed by atoms with Gasteiger partial charge in [0.1, 0.15) is 11.6 Å². The third-order valence-electron chi connectivity index (χ3n) is 4.73. The Balaban J connectivity index is 1.80. The van der Waals surface area contributed by atoms with Crippen LogP contribution in [0.1, 0.15) is 42.7 Å². The van der Waals surface area contributed by atoms with Crippen molar-refractivity contribution in [1.29, 1.82) is 5.26 Å². The van der Waals surface area contributed by atoms with Gasteiger partial charge in [-0.3, -0.25) is 4.79 Å². The van der Waals surface area contributed by atoms with Gasteiger partial charge < -0.3 is 14.4 Å². The molecule has 0 saturated carbocycles. The molecule has 1 aromatic rings. The molecule has 6 nitrogen and oxygen atoms in total. The molecule has 1 aliphatic carbocycles. The van der Waals surface area contributed by atoms with Gasteiger partial charge >= 0.3 is 0 Å². The molecule has 0 aromatic carbocycles. The Morgan fingerprint density at radius 1 is 1.32 bits per heavy atom. The van der Waals surface area contributed by atoms with E-state index in [9.17, 15) is 10.1 Å². The van der Waals surface area contributed by atoms with Crippen molar-refractivity contribution in [3.05, 3.63) is 22.4 Å². The van der Waals surface area contributed by atoms with Gasteiger partial charge in [-0.1, -0.05) is 13.8 Å². The van der Waals surface area contributed by atoms with E-state index >= 15 is 0 Å². The molecule has 3 rings (SSSR count). The number of ether oxygens (including phenoxy) is 2. The highest BCUT2D eigenvalue weighted by Crippen LogP contribution is 2.33. The fourth-order valence-corrected chi connectivity index (χ4v) is 3.52. The number of amides is 1. The van der Waals surface area contributed by atoms with Crippen LogP contribution in [0.3, 0.4) is 0 Å². The predicted octanol–water partition coefficient (Wildman–Crippen LogP) is 1.88. The van der Waals surface area contributed by atoms with Crippen molar-refractivity contribution in [3.63, 3.8) is 0 Å². The van der Waals surface area contributed by atoms with E-state index in [1.165, 1.54) is 5.56 Å². The lowest BCUT2D eigenvalue weighted by Gasteiger charge is -2.26. The van der Waals surface area contributed by atoms with Crippen LogP contribution in [0, 0.1) is 17.2 Å². The van der Waals surface area contributed by atoms with E-state index in [0.717, 1.165) is 36.9 Å². The third kappa shape index (κ3) is 3.93. The molecule has 1 saturated heterocycles. The highest BCUT2D eigenvalue weighted by Gasteiger charge is 2.25. The molecule has 1 fully saturated rings. The summed E-state index contributed by atoms with van der Waals surface area (Å²) in [6.45, 7) is 6.53. The minimum atomic E-state index is -0.0834. The van der Waals surface area contributed by atoms with E-state index in [1.54, 1.807) is 4.90 Å². The Labute approximate surface area is 148 Å². The molecular weight excluding hydrogens is 318 g/mol. The monoisotopic (exact) mass is 343 g/mol. The number of aromatic nitrogens is 1. The average molecular weight is 343 g/mol. The van der Waals surface area contributed by atoms with Gasteiger partial charge in [0, 0.05) is 18.8 Å². The van der Waals surface area contributed by atoms with Crippen LogP contribution in [-0.2, 0) is 28.8 Å². The fraction of sp³-hybridized carbons (Fsp3) is 0.632. The Bertz CT molecular complexity index is 688. The largest absolute Gasteiger partial charge is 0.467 e. The Morgan fingerprint density at radius 2 is 2.04 bits per heavy atom. The number of nitrogens with zero attached hydrogens (tertiary/aromatic N) is 3. The molecular formula is C19H25N3O3. The van der Waals surface area contributed by atoms with Gasteiger partial charge in [0.05, 0.1) is 13.2 Å². The van der Waals surface area contributed by atoms with E-state index in [1.807, 2.05) is 0 Å². The number of rotatable bonds is 5. The molecule has 25 heavy (non-hydrogen) atoms.